The van der Waals surface area contributed by atoms with E-state index in [9.17, 15) is 27.9 Å². The molecule has 0 radical (unpaired) electrons. The molecule has 3 rings (SSSR count). The molecular formula is C23H20F3N3O6S2. The number of carbonyl (C=O) groups is 2. The molecule has 2 N–H and O–H groups in total. The van der Waals surface area contributed by atoms with E-state index in [-0.39, 0.29) is 40.6 Å². The molecule has 1 aliphatic heterocycles. The maximum Gasteiger partial charge on any atom is 0.420 e. The summed E-state index contributed by atoms with van der Waals surface area (Å²) >= 11 is 0.922. The van der Waals surface area contributed by atoms with Crippen LogP contribution < -0.4 is 14.8 Å². The van der Waals surface area contributed by atoms with Gasteiger partial charge in [0.15, 0.2) is 22.7 Å². The quantitative estimate of drug-likeness (QED) is 0.392. The van der Waals surface area contributed by atoms with E-state index in [0.717, 1.165) is 24.9 Å². The van der Waals surface area contributed by atoms with Crippen molar-refractivity contribution in [2.45, 2.75) is 12.2 Å². The van der Waals surface area contributed by atoms with E-state index in [2.05, 4.69) is 15.0 Å². The van der Waals surface area contributed by atoms with Crippen LogP contribution in [-0.4, -0.2) is 49.0 Å². The zero-order valence-corrected chi connectivity index (χ0v) is 21.1. The van der Waals surface area contributed by atoms with Crippen LogP contribution in [0.1, 0.15) is 16.7 Å². The number of aliphatic imine (C=N–C) groups is 1. The SMILES string of the molecule is COC(=O)[C@H](CO)N=C1NC(=O)/C(=C/c2ccc(Oc3ccc(C#N)cc3C(F)(F)F)c(OC)c2)S1.S. The highest BCUT2D eigenvalue weighted by atomic mass is 32.2. The molecule has 37 heavy (non-hydrogen) atoms. The highest BCUT2D eigenvalue weighted by Crippen LogP contribution is 2.41. The summed E-state index contributed by atoms with van der Waals surface area (Å²) in [6, 6.07) is 7.72. The third-order valence-electron chi connectivity index (χ3n) is 4.69. The van der Waals surface area contributed by atoms with Crippen molar-refractivity contribution in [1.82, 2.24) is 5.32 Å². The molecule has 1 saturated heterocycles. The first-order valence-electron chi connectivity index (χ1n) is 10.0. The van der Waals surface area contributed by atoms with Gasteiger partial charge in [-0.1, -0.05) is 6.07 Å². The first-order chi connectivity index (χ1) is 17.1. The van der Waals surface area contributed by atoms with E-state index in [1.807, 2.05) is 0 Å². The largest absolute Gasteiger partial charge is 0.493 e. The van der Waals surface area contributed by atoms with Gasteiger partial charge in [-0.15, -0.1) is 0 Å². The Bertz CT molecular complexity index is 1290. The van der Waals surface area contributed by atoms with Crippen LogP contribution in [0.3, 0.4) is 0 Å². The zero-order chi connectivity index (χ0) is 26.5. The summed E-state index contributed by atoms with van der Waals surface area (Å²) < 4.78 is 55.6. The van der Waals surface area contributed by atoms with Crippen LogP contribution in [-0.2, 0) is 20.5 Å². The monoisotopic (exact) mass is 555 g/mol. The number of ether oxygens (including phenoxy) is 3. The number of amidine groups is 1. The van der Waals surface area contributed by atoms with Crippen LogP contribution in [0.5, 0.6) is 17.2 Å². The number of halogens is 3. The smallest absolute Gasteiger partial charge is 0.420 e. The molecule has 9 nitrogen and oxygen atoms in total. The third-order valence-corrected chi connectivity index (χ3v) is 5.61. The lowest BCUT2D eigenvalue weighted by Gasteiger charge is -2.16. The van der Waals surface area contributed by atoms with Gasteiger partial charge in [-0.2, -0.15) is 31.9 Å². The van der Waals surface area contributed by atoms with E-state index in [1.165, 1.54) is 37.5 Å². The van der Waals surface area contributed by atoms with Crippen molar-refractivity contribution < 1.29 is 42.1 Å². The van der Waals surface area contributed by atoms with Crippen molar-refractivity contribution in [2.75, 3.05) is 20.8 Å². The molecule has 1 atom stereocenters. The van der Waals surface area contributed by atoms with E-state index in [4.69, 9.17) is 14.7 Å². The summed E-state index contributed by atoms with van der Waals surface area (Å²) in [5.74, 6) is -1.73. The number of aliphatic hydroxyl groups is 1. The van der Waals surface area contributed by atoms with Crippen LogP contribution in [0.4, 0.5) is 13.2 Å². The van der Waals surface area contributed by atoms with E-state index >= 15 is 0 Å². The molecule has 0 bridgehead atoms. The zero-order valence-electron chi connectivity index (χ0n) is 19.3. The number of alkyl halides is 3. The van der Waals surface area contributed by atoms with Gasteiger partial charge in [0.2, 0.25) is 0 Å². The topological polar surface area (TPSA) is 130 Å². The van der Waals surface area contributed by atoms with Crippen molar-refractivity contribution in [2.24, 2.45) is 4.99 Å². The molecule has 1 fully saturated rings. The highest BCUT2D eigenvalue weighted by Gasteiger charge is 2.35. The molecule has 196 valence electrons. The van der Waals surface area contributed by atoms with Crippen LogP contribution in [0.15, 0.2) is 46.3 Å². The first-order valence-corrected chi connectivity index (χ1v) is 10.9. The number of hydrogen-bond acceptors (Lipinski definition) is 9. The lowest BCUT2D eigenvalue weighted by atomic mass is 10.1. The van der Waals surface area contributed by atoms with Crippen LogP contribution in [0, 0.1) is 11.3 Å². The molecule has 14 heteroatoms. The van der Waals surface area contributed by atoms with Crippen molar-refractivity contribution >= 4 is 48.4 Å². The summed E-state index contributed by atoms with van der Waals surface area (Å²) in [4.78, 5) is 28.1. The number of methoxy groups -OCH3 is 2. The Morgan fingerprint density at radius 2 is 1.92 bits per heavy atom. The second kappa shape index (κ2) is 12.5. The van der Waals surface area contributed by atoms with Crippen molar-refractivity contribution in [3.8, 4) is 23.3 Å². The second-order valence-electron chi connectivity index (χ2n) is 7.05. The highest BCUT2D eigenvalue weighted by molar-refractivity contribution is 8.18. The summed E-state index contributed by atoms with van der Waals surface area (Å²) in [5.41, 5.74) is -0.829. The predicted molar refractivity (Wildman–Crippen MR) is 134 cm³/mol. The molecule has 0 aromatic heterocycles. The Labute approximate surface area is 220 Å². The number of thioether (sulfide) groups is 1. The number of nitrogens with one attached hydrogen (secondary N) is 1. The minimum atomic E-state index is -4.75. The number of hydrogen-bond donors (Lipinski definition) is 2. The first kappa shape index (κ1) is 29.6. The van der Waals surface area contributed by atoms with Gasteiger partial charge in [0.1, 0.15) is 5.75 Å². The Balaban J connectivity index is 0.00000481. The fourth-order valence-electron chi connectivity index (χ4n) is 2.97. The molecule has 1 amide bonds. The number of amides is 1. The number of benzene rings is 2. The van der Waals surface area contributed by atoms with Crippen molar-refractivity contribution in [1.29, 1.82) is 5.26 Å². The minimum Gasteiger partial charge on any atom is -0.493 e. The Morgan fingerprint density at radius 1 is 1.22 bits per heavy atom. The van der Waals surface area contributed by atoms with Crippen LogP contribution in [0.2, 0.25) is 0 Å². The van der Waals surface area contributed by atoms with E-state index in [0.29, 0.717) is 11.6 Å². The molecule has 0 saturated carbocycles. The number of rotatable bonds is 7. The molecule has 2 aromatic carbocycles. The van der Waals surface area contributed by atoms with Gasteiger partial charge in [-0.25, -0.2) is 9.79 Å². The van der Waals surface area contributed by atoms with E-state index < -0.39 is 42.0 Å². The maximum absolute atomic E-state index is 13.5. The lowest BCUT2D eigenvalue weighted by Crippen LogP contribution is -2.28. The number of carbonyl (C=O) groups excluding carboxylic acids is 2. The number of nitriles is 1. The van der Waals surface area contributed by atoms with Crippen molar-refractivity contribution in [3.05, 3.63) is 58.0 Å². The fourth-order valence-corrected chi connectivity index (χ4v) is 3.84. The van der Waals surface area contributed by atoms with Crippen LogP contribution >= 0.6 is 25.3 Å². The third kappa shape index (κ3) is 7.19. The predicted octanol–water partition coefficient (Wildman–Crippen LogP) is 3.58. The lowest BCUT2D eigenvalue weighted by molar-refractivity contribution is -0.143. The molecule has 0 aliphatic carbocycles. The molecular weight excluding hydrogens is 535 g/mol. The molecule has 2 aromatic rings. The van der Waals surface area contributed by atoms with Gasteiger partial charge in [-0.3, -0.25) is 4.79 Å². The Morgan fingerprint density at radius 3 is 2.51 bits per heavy atom. The summed E-state index contributed by atoms with van der Waals surface area (Å²) in [6.45, 7) is -0.612. The van der Waals surface area contributed by atoms with Gasteiger partial charge < -0.3 is 24.6 Å². The molecule has 0 spiro atoms. The summed E-state index contributed by atoms with van der Waals surface area (Å²) in [7, 11) is 2.44. The molecule has 1 heterocycles. The number of esters is 1. The normalized spacial score (nSPS) is 16.0. The average Bonchev–Trinajstić information content (AvgIpc) is 3.20. The Hall–Kier alpha value is -3.67. The van der Waals surface area contributed by atoms with Crippen LogP contribution in [0.25, 0.3) is 6.08 Å². The molecule has 1 aliphatic rings. The standard InChI is InChI=1S/C23H18F3N3O6S.H2S/c1-33-18-8-12(9-19-20(31)29-22(36-19)28-15(11-30)21(32)34-2)3-6-17(18)35-16-5-4-13(10-27)7-14(16)23(24,25)26;/h3-9,15,30H,11H2,1-2H3,(H,28,29,31);1H2/b19-9-;/t15-;/m0./s1. The van der Waals surface area contributed by atoms with Gasteiger partial charge >= 0.3 is 12.1 Å². The number of aliphatic hydroxyl groups excluding tert-OH is 1. The van der Waals surface area contributed by atoms with Gasteiger partial charge in [0.25, 0.3) is 5.91 Å². The van der Waals surface area contributed by atoms with Crippen molar-refractivity contribution in [3.63, 3.8) is 0 Å². The average molecular weight is 556 g/mol. The second-order valence-corrected chi connectivity index (χ2v) is 8.08. The minimum absolute atomic E-state index is 0. The summed E-state index contributed by atoms with van der Waals surface area (Å²) in [5, 5.41) is 20.8. The number of nitrogens with zero attached hydrogens (tertiary/aromatic N) is 2. The summed E-state index contributed by atoms with van der Waals surface area (Å²) in [6.07, 6.45) is -3.28. The Kier molecular flexibility index (Phi) is 10.0. The van der Waals surface area contributed by atoms with Gasteiger partial charge in [-0.05, 0) is 53.7 Å². The maximum atomic E-state index is 13.5. The van der Waals surface area contributed by atoms with E-state index in [1.54, 1.807) is 6.07 Å². The fraction of sp³-hybridized carbons (Fsp3) is 0.217. The van der Waals surface area contributed by atoms with Gasteiger partial charge in [0.05, 0.1) is 42.9 Å². The van der Waals surface area contributed by atoms with Gasteiger partial charge in [0, 0.05) is 0 Å². The molecule has 0 unspecified atom stereocenters.